The molecular formula is C24H31NO7. The van der Waals surface area contributed by atoms with Gasteiger partial charge in [0.2, 0.25) is 5.75 Å². The van der Waals surface area contributed by atoms with Gasteiger partial charge in [0, 0.05) is 5.56 Å². The van der Waals surface area contributed by atoms with Gasteiger partial charge in [-0.15, -0.1) is 0 Å². The molecule has 1 aliphatic heterocycles. The lowest BCUT2D eigenvalue weighted by atomic mass is 9.89. The molecule has 174 valence electrons. The van der Waals surface area contributed by atoms with Crippen molar-refractivity contribution in [3.8, 4) is 28.7 Å². The lowest BCUT2D eigenvalue weighted by Crippen LogP contribution is -2.39. The Balaban J connectivity index is 2.21. The highest BCUT2D eigenvalue weighted by Crippen LogP contribution is 2.49. The summed E-state index contributed by atoms with van der Waals surface area (Å²) < 4.78 is 28.3. The number of benzene rings is 2. The lowest BCUT2D eigenvalue weighted by Gasteiger charge is -2.38. The van der Waals surface area contributed by atoms with Gasteiger partial charge in [0.05, 0.1) is 53.1 Å². The van der Waals surface area contributed by atoms with Gasteiger partial charge < -0.3 is 28.8 Å². The predicted octanol–water partition coefficient (Wildman–Crippen LogP) is 3.62. The molecular weight excluding hydrogens is 414 g/mol. The van der Waals surface area contributed by atoms with Gasteiger partial charge in [-0.2, -0.15) is 0 Å². The third kappa shape index (κ3) is 4.41. The molecule has 1 heterocycles. The molecule has 0 aliphatic carbocycles. The van der Waals surface area contributed by atoms with Crippen LogP contribution >= 0.6 is 0 Å². The number of methoxy groups -OCH3 is 5. The largest absolute Gasteiger partial charge is 0.496 e. The Hall–Kier alpha value is -3.13. The zero-order valence-corrected chi connectivity index (χ0v) is 19.2. The van der Waals surface area contributed by atoms with E-state index >= 15 is 0 Å². The summed E-state index contributed by atoms with van der Waals surface area (Å²) in [4.78, 5) is 13.8. The number of nitrogens with zero attached hydrogens (tertiary/aromatic N) is 1. The summed E-state index contributed by atoms with van der Waals surface area (Å²) in [6.45, 7) is 1.20. The van der Waals surface area contributed by atoms with Gasteiger partial charge in [-0.1, -0.05) is 6.07 Å². The molecule has 2 aromatic carbocycles. The normalized spacial score (nSPS) is 15.7. The third-order valence-electron chi connectivity index (χ3n) is 6.01. The second-order valence-corrected chi connectivity index (χ2v) is 7.55. The summed E-state index contributed by atoms with van der Waals surface area (Å²) in [6.07, 6.45) is 1.11. The summed E-state index contributed by atoms with van der Waals surface area (Å²) in [5, 5.41) is 9.46. The molecule has 1 saturated heterocycles. The van der Waals surface area contributed by atoms with Crippen LogP contribution < -0.4 is 23.7 Å². The first kappa shape index (κ1) is 23.5. The van der Waals surface area contributed by atoms with E-state index in [0.717, 1.165) is 11.1 Å². The number of carboxylic acids is 1. The third-order valence-corrected chi connectivity index (χ3v) is 6.01. The summed E-state index contributed by atoms with van der Waals surface area (Å²) in [5.41, 5.74) is 1.69. The maximum absolute atomic E-state index is 11.5. The summed E-state index contributed by atoms with van der Waals surface area (Å²) in [5.74, 6) is 1.84. The number of hydrogen-bond donors (Lipinski definition) is 1. The van der Waals surface area contributed by atoms with E-state index in [-0.39, 0.29) is 12.0 Å². The van der Waals surface area contributed by atoms with Crippen LogP contribution in [0.4, 0.5) is 0 Å². The Kier molecular flexibility index (Phi) is 7.69. The van der Waals surface area contributed by atoms with Crippen molar-refractivity contribution in [1.82, 2.24) is 4.90 Å². The molecule has 0 bridgehead atoms. The van der Waals surface area contributed by atoms with Crippen molar-refractivity contribution in [1.29, 1.82) is 0 Å². The molecule has 0 amide bonds. The molecule has 1 atom stereocenters. The second kappa shape index (κ2) is 10.5. The van der Waals surface area contributed by atoms with Crippen molar-refractivity contribution in [3.63, 3.8) is 0 Å². The summed E-state index contributed by atoms with van der Waals surface area (Å²) >= 11 is 0. The molecule has 3 rings (SSSR count). The highest BCUT2D eigenvalue weighted by atomic mass is 16.5. The monoisotopic (exact) mass is 445 g/mol. The standard InChI is InChI=1S/C24H31NO7/c1-28-17-7-6-8-18(29-2)20(17)21(25-13-11-15(12-14-25)24(26)27)16-9-10-19(30-3)23(32-5)22(16)31-4/h6-10,15,21H,11-14H2,1-5H3,(H,26,27). The number of carbonyl (C=O) groups is 1. The van der Waals surface area contributed by atoms with E-state index in [1.807, 2.05) is 30.3 Å². The highest BCUT2D eigenvalue weighted by Gasteiger charge is 2.36. The number of piperidine rings is 1. The smallest absolute Gasteiger partial charge is 0.306 e. The van der Waals surface area contributed by atoms with Crippen LogP contribution in [0.1, 0.15) is 30.0 Å². The number of likely N-dealkylation sites (tertiary alicyclic amines) is 1. The fourth-order valence-electron chi connectivity index (χ4n) is 4.43. The fourth-order valence-corrected chi connectivity index (χ4v) is 4.43. The minimum absolute atomic E-state index is 0.314. The number of rotatable bonds is 9. The maximum atomic E-state index is 11.5. The fraction of sp³-hybridized carbons (Fsp3) is 0.458. The van der Waals surface area contributed by atoms with Gasteiger partial charge in [0.25, 0.3) is 0 Å². The van der Waals surface area contributed by atoms with Crippen LogP contribution in [0.25, 0.3) is 0 Å². The predicted molar refractivity (Wildman–Crippen MR) is 119 cm³/mol. The number of carboxylic acid groups (broad SMARTS) is 1. The molecule has 0 saturated carbocycles. The van der Waals surface area contributed by atoms with Crippen molar-refractivity contribution in [3.05, 3.63) is 41.5 Å². The zero-order chi connectivity index (χ0) is 23.3. The lowest BCUT2D eigenvalue weighted by molar-refractivity contribution is -0.143. The van der Waals surface area contributed by atoms with Crippen molar-refractivity contribution in [2.45, 2.75) is 18.9 Å². The van der Waals surface area contributed by atoms with E-state index in [1.54, 1.807) is 35.5 Å². The number of aliphatic carboxylic acids is 1. The molecule has 0 radical (unpaired) electrons. The first-order valence-electron chi connectivity index (χ1n) is 10.5. The van der Waals surface area contributed by atoms with Gasteiger partial charge in [-0.25, -0.2) is 0 Å². The van der Waals surface area contributed by atoms with Crippen molar-refractivity contribution in [2.24, 2.45) is 5.92 Å². The van der Waals surface area contributed by atoms with Crippen molar-refractivity contribution < 1.29 is 33.6 Å². The molecule has 8 heteroatoms. The Morgan fingerprint density at radius 2 is 1.41 bits per heavy atom. The Labute approximate surface area is 188 Å². The van der Waals surface area contributed by atoms with Crippen LogP contribution in [0.15, 0.2) is 30.3 Å². The van der Waals surface area contributed by atoms with Crippen LogP contribution in [-0.4, -0.2) is 64.6 Å². The first-order chi connectivity index (χ1) is 15.5. The van der Waals surface area contributed by atoms with Gasteiger partial charge in [-0.3, -0.25) is 9.69 Å². The topological polar surface area (TPSA) is 86.7 Å². The SMILES string of the molecule is COc1ccc(C(c2c(OC)cccc2OC)N2CCC(C(=O)O)CC2)c(OC)c1OC. The summed E-state index contributed by atoms with van der Waals surface area (Å²) in [7, 11) is 7.99. The van der Waals surface area contributed by atoms with E-state index in [1.165, 1.54) is 0 Å². The molecule has 2 aromatic rings. The first-order valence-corrected chi connectivity index (χ1v) is 10.5. The van der Waals surface area contributed by atoms with E-state index in [2.05, 4.69) is 4.90 Å². The zero-order valence-electron chi connectivity index (χ0n) is 19.2. The van der Waals surface area contributed by atoms with Crippen LogP contribution in [0.5, 0.6) is 28.7 Å². The Morgan fingerprint density at radius 1 is 0.844 bits per heavy atom. The van der Waals surface area contributed by atoms with Gasteiger partial charge >= 0.3 is 5.97 Å². The quantitative estimate of drug-likeness (QED) is 0.626. The molecule has 0 spiro atoms. The average Bonchev–Trinajstić information content (AvgIpc) is 2.83. The Bertz CT molecular complexity index is 916. The Morgan fingerprint density at radius 3 is 1.88 bits per heavy atom. The summed E-state index contributed by atoms with van der Waals surface area (Å²) in [6, 6.07) is 9.13. The van der Waals surface area contributed by atoms with Crippen molar-refractivity contribution in [2.75, 3.05) is 48.6 Å². The molecule has 1 aliphatic rings. The highest BCUT2D eigenvalue weighted by molar-refractivity contribution is 5.70. The number of hydrogen-bond acceptors (Lipinski definition) is 7. The van der Waals surface area contributed by atoms with Crippen LogP contribution in [-0.2, 0) is 4.79 Å². The van der Waals surface area contributed by atoms with E-state index in [4.69, 9.17) is 23.7 Å². The average molecular weight is 446 g/mol. The molecule has 1 N–H and O–H groups in total. The van der Waals surface area contributed by atoms with Gasteiger partial charge in [0.1, 0.15) is 11.5 Å². The number of ether oxygens (including phenoxy) is 5. The van der Waals surface area contributed by atoms with E-state index < -0.39 is 5.97 Å². The second-order valence-electron chi connectivity index (χ2n) is 7.55. The van der Waals surface area contributed by atoms with E-state index in [0.29, 0.717) is 54.7 Å². The maximum Gasteiger partial charge on any atom is 0.306 e. The molecule has 32 heavy (non-hydrogen) atoms. The van der Waals surface area contributed by atoms with Gasteiger partial charge in [-0.05, 0) is 50.2 Å². The minimum atomic E-state index is -0.750. The van der Waals surface area contributed by atoms with Crippen LogP contribution in [0, 0.1) is 5.92 Å². The minimum Gasteiger partial charge on any atom is -0.496 e. The van der Waals surface area contributed by atoms with Crippen LogP contribution in [0.2, 0.25) is 0 Å². The van der Waals surface area contributed by atoms with Gasteiger partial charge in [0.15, 0.2) is 11.5 Å². The molecule has 8 nitrogen and oxygen atoms in total. The molecule has 0 aromatic heterocycles. The van der Waals surface area contributed by atoms with E-state index in [9.17, 15) is 9.90 Å². The van der Waals surface area contributed by atoms with Crippen molar-refractivity contribution >= 4 is 5.97 Å². The van der Waals surface area contributed by atoms with Crippen LogP contribution in [0.3, 0.4) is 0 Å². The molecule has 1 fully saturated rings. The molecule has 1 unspecified atom stereocenters.